The average Bonchev–Trinajstić information content (AvgIpc) is 3.30. The highest BCUT2D eigenvalue weighted by Gasteiger charge is 2.71. The van der Waals surface area contributed by atoms with Crippen LogP contribution in [0.4, 0.5) is 0 Å². The zero-order valence-corrected chi connectivity index (χ0v) is 19.1. The molecule has 2 aromatic carbocycles. The second-order valence-corrected chi connectivity index (χ2v) is 9.32. The molecule has 0 bridgehead atoms. The van der Waals surface area contributed by atoms with Crippen LogP contribution in [0, 0.1) is 5.41 Å². The molecule has 33 heavy (non-hydrogen) atoms. The molecule has 3 aliphatic rings. The summed E-state index contributed by atoms with van der Waals surface area (Å²) in [5, 5.41) is 0. The highest BCUT2D eigenvalue weighted by molar-refractivity contribution is 6.05. The normalized spacial score (nSPS) is 28.5. The molecule has 5 rings (SSSR count). The lowest BCUT2D eigenvalue weighted by molar-refractivity contribution is -0.229. The molecule has 2 heterocycles. The molecule has 1 aliphatic carbocycles. The number of nitrogens with zero attached hydrogens (tertiary/aromatic N) is 1. The van der Waals surface area contributed by atoms with Gasteiger partial charge in [-0.05, 0) is 30.9 Å². The number of carbonyl (C=O) groups is 2. The first kappa shape index (κ1) is 22.1. The van der Waals surface area contributed by atoms with Crippen molar-refractivity contribution in [3.63, 3.8) is 0 Å². The van der Waals surface area contributed by atoms with Crippen molar-refractivity contribution < 1.29 is 23.8 Å². The number of hydrogen-bond acceptors (Lipinski definition) is 5. The lowest BCUT2D eigenvalue weighted by Crippen LogP contribution is -2.69. The Morgan fingerprint density at radius 1 is 0.970 bits per heavy atom. The monoisotopic (exact) mass is 449 g/mol. The summed E-state index contributed by atoms with van der Waals surface area (Å²) in [7, 11) is 0. The largest absolute Gasteiger partial charge is 0.465 e. The number of fused-ring (bicyclic) bond motifs is 1. The highest BCUT2D eigenvalue weighted by Crippen LogP contribution is 2.61. The molecule has 2 atom stereocenters. The van der Waals surface area contributed by atoms with Crippen LogP contribution in [-0.2, 0) is 35.8 Å². The molecule has 2 saturated heterocycles. The first-order chi connectivity index (χ1) is 16.1. The Morgan fingerprint density at radius 3 is 2.30 bits per heavy atom. The summed E-state index contributed by atoms with van der Waals surface area (Å²) in [6, 6.07) is 19.9. The third kappa shape index (κ3) is 3.47. The van der Waals surface area contributed by atoms with E-state index in [1.807, 2.05) is 65.6 Å². The van der Waals surface area contributed by atoms with Crippen LogP contribution >= 0.6 is 0 Å². The van der Waals surface area contributed by atoms with Gasteiger partial charge in [0.25, 0.3) is 0 Å². The van der Waals surface area contributed by atoms with Crippen LogP contribution in [0.25, 0.3) is 0 Å². The number of piperidine rings is 1. The Kier molecular flexibility index (Phi) is 5.75. The standard InChI is InChI=1S/C27H31NO5/c1-2-31-24(30)27-14-13-26(32-17-18-33-26)20-25(27,22-11-7-4-8-12-22)15-16-28(23(27)29)19-21-9-5-3-6-10-21/h3-12H,2,13-20H2,1H3/t25-,27-/m0/s1. The first-order valence-electron chi connectivity index (χ1n) is 11.9. The first-order valence-corrected chi connectivity index (χ1v) is 11.9. The van der Waals surface area contributed by atoms with E-state index in [4.69, 9.17) is 14.2 Å². The molecular formula is C27H31NO5. The van der Waals surface area contributed by atoms with Crippen molar-refractivity contribution in [2.45, 2.75) is 50.4 Å². The van der Waals surface area contributed by atoms with E-state index >= 15 is 0 Å². The van der Waals surface area contributed by atoms with Gasteiger partial charge < -0.3 is 19.1 Å². The van der Waals surface area contributed by atoms with Gasteiger partial charge in [-0.1, -0.05) is 60.7 Å². The van der Waals surface area contributed by atoms with Gasteiger partial charge in [-0.15, -0.1) is 0 Å². The van der Waals surface area contributed by atoms with Crippen molar-refractivity contribution in [2.75, 3.05) is 26.4 Å². The smallest absolute Gasteiger partial charge is 0.322 e. The third-order valence-electron chi connectivity index (χ3n) is 7.71. The molecule has 1 amide bonds. The number of carbonyl (C=O) groups excluding carboxylic acids is 2. The molecule has 1 saturated carbocycles. The molecule has 6 heteroatoms. The Hall–Kier alpha value is -2.70. The Labute approximate surface area is 194 Å². The van der Waals surface area contributed by atoms with E-state index in [0.717, 1.165) is 11.1 Å². The van der Waals surface area contributed by atoms with E-state index in [1.54, 1.807) is 6.92 Å². The number of benzene rings is 2. The van der Waals surface area contributed by atoms with Crippen molar-refractivity contribution in [2.24, 2.45) is 5.41 Å². The van der Waals surface area contributed by atoms with Crippen molar-refractivity contribution in [3.05, 3.63) is 71.8 Å². The highest BCUT2D eigenvalue weighted by atomic mass is 16.7. The molecule has 6 nitrogen and oxygen atoms in total. The molecule has 0 unspecified atom stereocenters. The molecule has 0 aromatic heterocycles. The minimum absolute atomic E-state index is 0.146. The Bertz CT molecular complexity index is 1000. The van der Waals surface area contributed by atoms with E-state index in [0.29, 0.717) is 52.0 Å². The number of rotatable bonds is 5. The molecule has 174 valence electrons. The molecule has 2 aromatic rings. The van der Waals surface area contributed by atoms with Crippen molar-refractivity contribution >= 4 is 11.9 Å². The van der Waals surface area contributed by atoms with E-state index in [1.165, 1.54) is 0 Å². The van der Waals surface area contributed by atoms with Gasteiger partial charge in [-0.3, -0.25) is 9.59 Å². The summed E-state index contributed by atoms with van der Waals surface area (Å²) in [5.74, 6) is -1.33. The van der Waals surface area contributed by atoms with E-state index in [2.05, 4.69) is 0 Å². The molecule has 0 radical (unpaired) electrons. The van der Waals surface area contributed by atoms with Gasteiger partial charge in [-0.25, -0.2) is 0 Å². The van der Waals surface area contributed by atoms with Crippen LogP contribution in [0.5, 0.6) is 0 Å². The van der Waals surface area contributed by atoms with Gasteiger partial charge in [0.1, 0.15) is 0 Å². The van der Waals surface area contributed by atoms with E-state index in [-0.39, 0.29) is 12.5 Å². The van der Waals surface area contributed by atoms with Crippen LogP contribution in [0.15, 0.2) is 60.7 Å². The fraction of sp³-hybridized carbons (Fsp3) is 0.481. The predicted octanol–water partition coefficient (Wildman–Crippen LogP) is 3.83. The fourth-order valence-corrected chi connectivity index (χ4v) is 6.21. The summed E-state index contributed by atoms with van der Waals surface area (Å²) < 4.78 is 17.9. The van der Waals surface area contributed by atoms with Gasteiger partial charge in [0, 0.05) is 31.3 Å². The van der Waals surface area contributed by atoms with Crippen molar-refractivity contribution in [1.82, 2.24) is 4.90 Å². The molecule has 0 N–H and O–H groups in total. The molecule has 3 fully saturated rings. The zero-order chi connectivity index (χ0) is 22.9. The van der Waals surface area contributed by atoms with Crippen LogP contribution < -0.4 is 0 Å². The summed E-state index contributed by atoms with van der Waals surface area (Å²) in [5.41, 5.74) is -0.0403. The summed E-state index contributed by atoms with van der Waals surface area (Å²) in [4.78, 5) is 30.0. The Morgan fingerprint density at radius 2 is 1.64 bits per heavy atom. The predicted molar refractivity (Wildman–Crippen MR) is 122 cm³/mol. The third-order valence-corrected chi connectivity index (χ3v) is 7.71. The van der Waals surface area contributed by atoms with Gasteiger partial charge in [0.2, 0.25) is 5.91 Å². The second kappa shape index (κ2) is 8.58. The second-order valence-electron chi connectivity index (χ2n) is 9.32. The molecule has 1 spiro atoms. The van der Waals surface area contributed by atoms with Crippen LogP contribution in [0.3, 0.4) is 0 Å². The van der Waals surface area contributed by atoms with Gasteiger partial charge >= 0.3 is 5.97 Å². The van der Waals surface area contributed by atoms with E-state index < -0.39 is 22.6 Å². The van der Waals surface area contributed by atoms with Gasteiger partial charge in [0.15, 0.2) is 11.2 Å². The lowest BCUT2D eigenvalue weighted by atomic mass is 9.48. The number of esters is 1. The van der Waals surface area contributed by atoms with Gasteiger partial charge in [-0.2, -0.15) is 0 Å². The zero-order valence-electron chi connectivity index (χ0n) is 19.1. The molecular weight excluding hydrogens is 418 g/mol. The average molecular weight is 450 g/mol. The van der Waals surface area contributed by atoms with Crippen LogP contribution in [0.2, 0.25) is 0 Å². The SMILES string of the molecule is CCOC(=O)[C@@]12CCC3(C[C@]1(c1ccccc1)CCN(Cc1ccccc1)C2=O)OCCO3. The minimum atomic E-state index is -1.31. The number of hydrogen-bond donors (Lipinski definition) is 0. The van der Waals surface area contributed by atoms with E-state index in [9.17, 15) is 9.59 Å². The topological polar surface area (TPSA) is 65.1 Å². The maximum absolute atomic E-state index is 14.3. The number of ether oxygens (including phenoxy) is 3. The van der Waals surface area contributed by atoms with Crippen LogP contribution in [-0.4, -0.2) is 48.9 Å². The summed E-state index contributed by atoms with van der Waals surface area (Å²) in [6.45, 7) is 4.12. The van der Waals surface area contributed by atoms with Gasteiger partial charge in [0.05, 0.1) is 19.8 Å². The molecule has 2 aliphatic heterocycles. The number of likely N-dealkylation sites (tertiary alicyclic amines) is 1. The Balaban J connectivity index is 1.62. The summed E-state index contributed by atoms with van der Waals surface area (Å²) >= 11 is 0. The van der Waals surface area contributed by atoms with Crippen LogP contribution in [0.1, 0.15) is 43.7 Å². The van der Waals surface area contributed by atoms with Crippen molar-refractivity contribution in [1.29, 1.82) is 0 Å². The summed E-state index contributed by atoms with van der Waals surface area (Å²) in [6.07, 6.45) is 1.94. The number of amides is 1. The van der Waals surface area contributed by atoms with Crippen molar-refractivity contribution in [3.8, 4) is 0 Å². The quantitative estimate of drug-likeness (QED) is 0.513. The maximum Gasteiger partial charge on any atom is 0.322 e. The fourth-order valence-electron chi connectivity index (χ4n) is 6.21. The lowest BCUT2D eigenvalue weighted by Gasteiger charge is -2.59. The maximum atomic E-state index is 14.3. The minimum Gasteiger partial charge on any atom is -0.465 e.